The lowest BCUT2D eigenvalue weighted by molar-refractivity contribution is -0.156. The second kappa shape index (κ2) is 22.6. The highest BCUT2D eigenvalue weighted by molar-refractivity contribution is 5.78. The summed E-state index contributed by atoms with van der Waals surface area (Å²) in [5.74, 6) is -2.20. The van der Waals surface area contributed by atoms with Crippen LogP contribution in [0, 0.1) is 11.8 Å². The maximum Gasteiger partial charge on any atom is 0.328 e. The van der Waals surface area contributed by atoms with Crippen LogP contribution in [0.5, 0.6) is 0 Å². The summed E-state index contributed by atoms with van der Waals surface area (Å²) in [4.78, 5) is 35.7. The number of ether oxygens (including phenoxy) is 1. The molecule has 7 heteroatoms. The van der Waals surface area contributed by atoms with Crippen LogP contribution >= 0.6 is 0 Å². The third kappa shape index (κ3) is 17.7. The molecule has 0 aliphatic heterocycles. The van der Waals surface area contributed by atoms with Gasteiger partial charge < -0.3 is 20.3 Å². The number of carbonyl (C=O) groups excluding carboxylic acids is 2. The van der Waals surface area contributed by atoms with Crippen molar-refractivity contribution in [2.45, 2.75) is 155 Å². The van der Waals surface area contributed by atoms with Crippen molar-refractivity contribution in [1.82, 2.24) is 5.32 Å². The molecule has 3 N–H and O–H groups in total. The molecule has 0 fully saturated rings. The van der Waals surface area contributed by atoms with Crippen molar-refractivity contribution < 1.29 is 29.3 Å². The molecule has 0 radical (unpaired) electrons. The minimum absolute atomic E-state index is 0.100. The molecule has 0 bridgehead atoms. The summed E-state index contributed by atoms with van der Waals surface area (Å²) < 4.78 is 5.77. The minimum Gasteiger partial charge on any atom is -0.481 e. The first-order valence-electron chi connectivity index (χ1n) is 14.6. The molecule has 0 aromatic rings. The molecule has 4 unspecified atom stereocenters. The van der Waals surface area contributed by atoms with Gasteiger partial charge in [-0.15, -0.1) is 0 Å². The van der Waals surface area contributed by atoms with Gasteiger partial charge in [0.2, 0.25) is 6.41 Å². The molecule has 7 nitrogen and oxygen atoms in total. The Kier molecular flexibility index (Phi) is 21.5. The van der Waals surface area contributed by atoms with Gasteiger partial charge in [0.05, 0.1) is 12.0 Å². The second-order valence-electron chi connectivity index (χ2n) is 10.7. The van der Waals surface area contributed by atoms with Crippen molar-refractivity contribution in [3.63, 3.8) is 0 Å². The molecule has 0 spiro atoms. The molecule has 0 heterocycles. The van der Waals surface area contributed by atoms with Crippen molar-refractivity contribution in [3.05, 3.63) is 0 Å². The molecule has 0 saturated heterocycles. The highest BCUT2D eigenvalue weighted by Gasteiger charge is 2.31. The number of hydrogen-bond donors (Lipinski definition) is 3. The van der Waals surface area contributed by atoms with E-state index in [2.05, 4.69) is 19.2 Å². The number of carboxylic acids is 1. The first-order chi connectivity index (χ1) is 17.3. The molecule has 0 saturated carbocycles. The minimum atomic E-state index is -1.08. The van der Waals surface area contributed by atoms with Crippen LogP contribution in [0.2, 0.25) is 0 Å². The Morgan fingerprint density at radius 3 is 1.81 bits per heavy atom. The maximum atomic E-state index is 12.8. The molecule has 4 atom stereocenters. The molecule has 0 rings (SSSR count). The summed E-state index contributed by atoms with van der Waals surface area (Å²) in [6.45, 7) is 8.24. The Bertz CT molecular complexity index is 568. The van der Waals surface area contributed by atoms with Crippen LogP contribution in [0.3, 0.4) is 0 Å². The largest absolute Gasteiger partial charge is 0.481 e. The number of hydrogen-bond acceptors (Lipinski definition) is 5. The van der Waals surface area contributed by atoms with Crippen molar-refractivity contribution in [3.8, 4) is 0 Å². The molecule has 0 aromatic heterocycles. The van der Waals surface area contributed by atoms with Crippen LogP contribution in [-0.2, 0) is 19.1 Å². The molecule has 36 heavy (non-hydrogen) atoms. The van der Waals surface area contributed by atoms with Gasteiger partial charge >= 0.3 is 11.9 Å². The summed E-state index contributed by atoms with van der Waals surface area (Å²) in [6.07, 6.45) is 14.7. The third-order valence-corrected chi connectivity index (χ3v) is 6.83. The van der Waals surface area contributed by atoms with E-state index in [9.17, 15) is 24.6 Å². The van der Waals surface area contributed by atoms with Gasteiger partial charge in [-0.05, 0) is 31.6 Å². The summed E-state index contributed by atoms with van der Waals surface area (Å²) in [6, 6.07) is -0.741. The average Bonchev–Trinajstić information content (AvgIpc) is 2.81. The van der Waals surface area contributed by atoms with Gasteiger partial charge in [-0.2, -0.15) is 0 Å². The van der Waals surface area contributed by atoms with Gasteiger partial charge in [-0.3, -0.25) is 9.59 Å². The fraction of sp³-hybridized carbons (Fsp3) is 0.897. The summed E-state index contributed by atoms with van der Waals surface area (Å²) in [7, 11) is 0. The van der Waals surface area contributed by atoms with E-state index in [1.165, 1.54) is 38.5 Å². The van der Waals surface area contributed by atoms with E-state index in [1.54, 1.807) is 0 Å². The molecule has 1 amide bonds. The first kappa shape index (κ1) is 34.4. The van der Waals surface area contributed by atoms with Crippen molar-refractivity contribution in [2.24, 2.45) is 11.8 Å². The van der Waals surface area contributed by atoms with E-state index < -0.39 is 36.1 Å². The van der Waals surface area contributed by atoms with E-state index in [0.717, 1.165) is 44.9 Å². The Balaban J connectivity index is 4.99. The number of carboxylic acid groups (broad SMARTS) is 1. The Morgan fingerprint density at radius 1 is 0.806 bits per heavy atom. The van der Waals surface area contributed by atoms with Crippen LogP contribution in [0.15, 0.2) is 0 Å². The Morgan fingerprint density at radius 2 is 1.31 bits per heavy atom. The number of esters is 1. The van der Waals surface area contributed by atoms with Crippen LogP contribution < -0.4 is 5.32 Å². The van der Waals surface area contributed by atoms with Gasteiger partial charge in [0, 0.05) is 6.42 Å². The third-order valence-electron chi connectivity index (χ3n) is 6.83. The predicted molar refractivity (Wildman–Crippen MR) is 145 cm³/mol. The average molecular weight is 514 g/mol. The smallest absolute Gasteiger partial charge is 0.328 e. The number of aliphatic hydroxyl groups is 1. The van der Waals surface area contributed by atoms with Gasteiger partial charge in [0.25, 0.3) is 0 Å². The van der Waals surface area contributed by atoms with Gasteiger partial charge in [-0.25, -0.2) is 4.79 Å². The lowest BCUT2D eigenvalue weighted by Gasteiger charge is -2.26. The molecular formula is C29H55NO6. The zero-order valence-electron chi connectivity index (χ0n) is 23.5. The van der Waals surface area contributed by atoms with Crippen LogP contribution in [-0.4, -0.2) is 46.8 Å². The lowest BCUT2D eigenvalue weighted by atomic mass is 9.90. The van der Waals surface area contributed by atoms with Crippen LogP contribution in [0.1, 0.15) is 137 Å². The summed E-state index contributed by atoms with van der Waals surface area (Å²) >= 11 is 0. The molecular weight excluding hydrogens is 458 g/mol. The van der Waals surface area contributed by atoms with Gasteiger partial charge in [0.1, 0.15) is 12.1 Å². The fourth-order valence-corrected chi connectivity index (χ4v) is 4.64. The maximum absolute atomic E-state index is 12.8. The molecule has 0 aliphatic carbocycles. The highest BCUT2D eigenvalue weighted by atomic mass is 16.5. The van der Waals surface area contributed by atoms with Crippen molar-refractivity contribution >= 4 is 18.3 Å². The van der Waals surface area contributed by atoms with E-state index >= 15 is 0 Å². The number of rotatable bonds is 25. The zero-order valence-corrected chi connectivity index (χ0v) is 23.5. The quantitative estimate of drug-likeness (QED) is 0.0739. The number of nitrogens with one attached hydrogen (secondary N) is 1. The number of amides is 1. The highest BCUT2D eigenvalue weighted by Crippen LogP contribution is 2.23. The topological polar surface area (TPSA) is 113 Å². The molecule has 212 valence electrons. The standard InChI is InChI=1S/C29H55NO6/c1-5-7-9-11-12-13-14-15-16-18-24(36-29(35)26(30-22-31)20-23(3)4)21-27(32)25(28(33)34)19-17-10-8-6-2/h22-27,32H,5-21H2,1-4H3,(H,30,31)(H,33,34). The molecule has 0 aliphatic rings. The Hall–Kier alpha value is -1.63. The lowest BCUT2D eigenvalue weighted by Crippen LogP contribution is -2.41. The fourth-order valence-electron chi connectivity index (χ4n) is 4.64. The number of aliphatic hydroxyl groups excluding tert-OH is 1. The normalized spacial score (nSPS) is 14.7. The zero-order chi connectivity index (χ0) is 27.2. The van der Waals surface area contributed by atoms with E-state index in [0.29, 0.717) is 25.7 Å². The van der Waals surface area contributed by atoms with E-state index in [4.69, 9.17) is 4.74 Å². The summed E-state index contributed by atoms with van der Waals surface area (Å²) in [5, 5.41) is 23.0. The predicted octanol–water partition coefficient (Wildman–Crippen LogP) is 6.40. The number of aliphatic carboxylic acids is 1. The van der Waals surface area contributed by atoms with Crippen LogP contribution in [0.25, 0.3) is 0 Å². The molecule has 0 aromatic carbocycles. The van der Waals surface area contributed by atoms with Gasteiger partial charge in [0.15, 0.2) is 0 Å². The second-order valence-corrected chi connectivity index (χ2v) is 10.7. The van der Waals surface area contributed by atoms with E-state index in [1.807, 2.05) is 13.8 Å². The van der Waals surface area contributed by atoms with Gasteiger partial charge in [-0.1, -0.05) is 105 Å². The number of unbranched alkanes of at least 4 members (excludes halogenated alkanes) is 11. The van der Waals surface area contributed by atoms with E-state index in [-0.39, 0.29) is 12.3 Å². The first-order valence-corrected chi connectivity index (χ1v) is 14.6. The Labute approximate surface area is 220 Å². The van der Waals surface area contributed by atoms with Crippen molar-refractivity contribution in [1.29, 1.82) is 0 Å². The monoisotopic (exact) mass is 513 g/mol. The summed E-state index contributed by atoms with van der Waals surface area (Å²) in [5.41, 5.74) is 0. The van der Waals surface area contributed by atoms with Crippen LogP contribution in [0.4, 0.5) is 0 Å². The SMILES string of the molecule is CCCCCCCCCCCC(CC(O)C(CCCCCC)C(=O)O)OC(=O)C(CC(C)C)NC=O. The van der Waals surface area contributed by atoms with Crippen molar-refractivity contribution in [2.75, 3.05) is 0 Å². The number of carbonyl (C=O) groups is 3.